The van der Waals surface area contributed by atoms with Crippen LogP contribution in [-0.2, 0) is 11.2 Å². The van der Waals surface area contributed by atoms with Crippen LogP contribution >= 0.6 is 11.3 Å². The maximum absolute atomic E-state index is 13.0. The number of nitrogens with one attached hydrogen (secondary N) is 1. The highest BCUT2D eigenvalue weighted by molar-refractivity contribution is 7.15. The van der Waals surface area contributed by atoms with E-state index in [9.17, 15) is 22.4 Å². The van der Waals surface area contributed by atoms with Crippen molar-refractivity contribution in [3.63, 3.8) is 0 Å². The van der Waals surface area contributed by atoms with Crippen LogP contribution in [-0.4, -0.2) is 22.3 Å². The van der Waals surface area contributed by atoms with Gasteiger partial charge in [0, 0.05) is 6.42 Å². The molecule has 1 N–H and O–H groups in total. The molecule has 0 aliphatic rings. The molecule has 1 heterocycles. The summed E-state index contributed by atoms with van der Waals surface area (Å²) in [6, 6.07) is 5.85. The molecule has 4 nitrogen and oxygen atoms in total. The molecule has 0 bridgehead atoms. The minimum Gasteiger partial charge on any atom is -0.300 e. The van der Waals surface area contributed by atoms with Gasteiger partial charge in [0.05, 0.1) is 0 Å². The van der Waals surface area contributed by atoms with E-state index < -0.39 is 24.3 Å². The maximum atomic E-state index is 13.0. The van der Waals surface area contributed by atoms with Crippen LogP contribution in [0.25, 0.3) is 0 Å². The van der Waals surface area contributed by atoms with Crippen LogP contribution in [0, 0.1) is 5.82 Å². The van der Waals surface area contributed by atoms with E-state index in [0.717, 1.165) is 11.3 Å². The molecule has 0 saturated carbocycles. The fourth-order valence-corrected chi connectivity index (χ4v) is 2.33. The van der Waals surface area contributed by atoms with E-state index in [-0.39, 0.29) is 11.6 Å². The van der Waals surface area contributed by atoms with Gasteiger partial charge < -0.3 is 5.32 Å². The lowest BCUT2D eigenvalue weighted by Gasteiger charge is -2.04. The minimum atomic E-state index is -4.57. The molecule has 1 aromatic heterocycles. The Kier molecular flexibility index (Phi) is 4.51. The quantitative estimate of drug-likeness (QED) is 0.881. The maximum Gasteiger partial charge on any atom is 0.397 e. The van der Waals surface area contributed by atoms with Crippen LogP contribution in [0.4, 0.5) is 22.7 Å². The van der Waals surface area contributed by atoms with Crippen molar-refractivity contribution in [1.82, 2.24) is 10.2 Å². The number of aromatic nitrogens is 2. The zero-order valence-electron chi connectivity index (χ0n) is 10.4. The van der Waals surface area contributed by atoms with Gasteiger partial charge in [0.25, 0.3) is 0 Å². The number of amides is 1. The second-order valence-corrected chi connectivity index (χ2v) is 5.21. The van der Waals surface area contributed by atoms with Gasteiger partial charge in [0.15, 0.2) is 0 Å². The van der Waals surface area contributed by atoms with Crippen molar-refractivity contribution >= 4 is 22.4 Å². The van der Waals surface area contributed by atoms with Gasteiger partial charge >= 0.3 is 6.18 Å². The standard InChI is InChI=1S/C12H9F4N3OS/c13-8-3-1-2-7(4-8)5-10-18-19-11(21-10)17-9(20)6-12(14,15)16/h1-4H,5-6H2,(H,17,19,20). The summed E-state index contributed by atoms with van der Waals surface area (Å²) in [7, 11) is 0. The molecule has 0 atom stereocenters. The van der Waals surface area contributed by atoms with E-state index in [1.54, 1.807) is 6.07 Å². The van der Waals surface area contributed by atoms with E-state index in [1.807, 2.05) is 5.32 Å². The highest BCUT2D eigenvalue weighted by Crippen LogP contribution is 2.22. The van der Waals surface area contributed by atoms with Crippen molar-refractivity contribution in [3.8, 4) is 0 Å². The van der Waals surface area contributed by atoms with Crippen molar-refractivity contribution in [2.24, 2.45) is 0 Å². The average molecular weight is 319 g/mol. The second kappa shape index (κ2) is 6.17. The Balaban J connectivity index is 1.97. The molecule has 1 amide bonds. The van der Waals surface area contributed by atoms with Gasteiger partial charge in [-0.1, -0.05) is 23.5 Å². The van der Waals surface area contributed by atoms with Gasteiger partial charge in [-0.2, -0.15) is 13.2 Å². The number of carbonyl (C=O) groups excluding carboxylic acids is 1. The van der Waals surface area contributed by atoms with E-state index in [0.29, 0.717) is 10.6 Å². The smallest absolute Gasteiger partial charge is 0.300 e. The Hall–Kier alpha value is -2.03. The van der Waals surface area contributed by atoms with Crippen LogP contribution < -0.4 is 5.32 Å². The average Bonchev–Trinajstić information content (AvgIpc) is 2.73. The third-order valence-corrected chi connectivity index (χ3v) is 3.16. The SMILES string of the molecule is O=C(CC(F)(F)F)Nc1nnc(Cc2cccc(F)c2)s1. The molecule has 2 aromatic rings. The summed E-state index contributed by atoms with van der Waals surface area (Å²) in [4.78, 5) is 11.1. The first-order valence-corrected chi connectivity index (χ1v) is 6.57. The summed E-state index contributed by atoms with van der Waals surface area (Å²) >= 11 is 0.944. The largest absolute Gasteiger partial charge is 0.397 e. The number of hydrogen-bond acceptors (Lipinski definition) is 4. The number of nitrogens with zero attached hydrogens (tertiary/aromatic N) is 2. The summed E-state index contributed by atoms with van der Waals surface area (Å²) in [5.41, 5.74) is 0.652. The molecule has 2 rings (SSSR count). The summed E-state index contributed by atoms with van der Waals surface area (Å²) in [5, 5.41) is 9.79. The van der Waals surface area contributed by atoms with Crippen LogP contribution in [0.1, 0.15) is 17.0 Å². The first kappa shape index (κ1) is 15.4. The summed E-state index contributed by atoms with van der Waals surface area (Å²) in [6.07, 6.45) is -5.87. The van der Waals surface area contributed by atoms with Gasteiger partial charge in [-0.05, 0) is 17.7 Å². The number of halogens is 4. The van der Waals surface area contributed by atoms with Crippen LogP contribution in [0.15, 0.2) is 24.3 Å². The van der Waals surface area contributed by atoms with Crippen molar-refractivity contribution in [3.05, 3.63) is 40.7 Å². The van der Waals surface area contributed by atoms with Crippen LogP contribution in [0.5, 0.6) is 0 Å². The monoisotopic (exact) mass is 319 g/mol. The Labute approximate surface area is 120 Å². The minimum absolute atomic E-state index is 0.0179. The molecular formula is C12H9F4N3OS. The first-order chi connectivity index (χ1) is 9.82. The normalized spacial score (nSPS) is 11.4. The van der Waals surface area contributed by atoms with Crippen molar-refractivity contribution < 1.29 is 22.4 Å². The third kappa shape index (κ3) is 5.10. The Morgan fingerprint density at radius 2 is 2.05 bits per heavy atom. The fourth-order valence-electron chi connectivity index (χ4n) is 1.54. The zero-order valence-corrected chi connectivity index (χ0v) is 11.3. The van der Waals surface area contributed by atoms with Gasteiger partial charge in [-0.25, -0.2) is 4.39 Å². The second-order valence-electron chi connectivity index (χ2n) is 4.15. The van der Waals surface area contributed by atoms with Gasteiger partial charge in [-0.3, -0.25) is 4.79 Å². The van der Waals surface area contributed by atoms with Crippen molar-refractivity contribution in [2.75, 3.05) is 5.32 Å². The number of alkyl halides is 3. The molecule has 9 heteroatoms. The molecule has 0 aliphatic heterocycles. The lowest BCUT2D eigenvalue weighted by molar-refractivity contribution is -0.150. The van der Waals surface area contributed by atoms with Gasteiger partial charge in [-0.15, -0.1) is 10.2 Å². The van der Waals surface area contributed by atoms with Gasteiger partial charge in [0.2, 0.25) is 11.0 Å². The Morgan fingerprint density at radius 1 is 1.29 bits per heavy atom. The summed E-state index contributed by atoms with van der Waals surface area (Å²) in [6.45, 7) is 0. The molecule has 0 saturated heterocycles. The summed E-state index contributed by atoms with van der Waals surface area (Å²) in [5.74, 6) is -1.59. The van der Waals surface area contributed by atoms with E-state index >= 15 is 0 Å². The number of benzene rings is 1. The molecule has 0 spiro atoms. The zero-order chi connectivity index (χ0) is 15.5. The molecule has 0 aliphatic carbocycles. The van der Waals surface area contributed by atoms with E-state index in [1.165, 1.54) is 18.2 Å². The molecule has 0 unspecified atom stereocenters. The highest BCUT2D eigenvalue weighted by Gasteiger charge is 2.31. The van der Waals surface area contributed by atoms with Crippen molar-refractivity contribution in [1.29, 1.82) is 0 Å². The number of carbonyl (C=O) groups is 1. The Bertz CT molecular complexity index is 641. The fraction of sp³-hybridized carbons (Fsp3) is 0.250. The molecule has 112 valence electrons. The van der Waals surface area contributed by atoms with Crippen molar-refractivity contribution in [2.45, 2.75) is 19.0 Å². The Morgan fingerprint density at radius 3 is 2.71 bits per heavy atom. The molecule has 1 aromatic carbocycles. The highest BCUT2D eigenvalue weighted by atomic mass is 32.1. The van der Waals surface area contributed by atoms with Crippen LogP contribution in [0.2, 0.25) is 0 Å². The van der Waals surface area contributed by atoms with Crippen LogP contribution in [0.3, 0.4) is 0 Å². The van der Waals surface area contributed by atoms with E-state index in [4.69, 9.17) is 0 Å². The predicted octanol–water partition coefficient (Wildman–Crippen LogP) is 3.16. The molecule has 21 heavy (non-hydrogen) atoms. The van der Waals surface area contributed by atoms with E-state index in [2.05, 4.69) is 10.2 Å². The lowest BCUT2D eigenvalue weighted by atomic mass is 10.1. The number of anilines is 1. The number of hydrogen-bond donors (Lipinski definition) is 1. The number of rotatable bonds is 4. The molecular weight excluding hydrogens is 310 g/mol. The topological polar surface area (TPSA) is 54.9 Å². The molecule has 0 radical (unpaired) electrons. The lowest BCUT2D eigenvalue weighted by Crippen LogP contribution is -2.21. The predicted molar refractivity (Wildman–Crippen MR) is 68.4 cm³/mol. The van der Waals surface area contributed by atoms with Gasteiger partial charge in [0.1, 0.15) is 17.2 Å². The third-order valence-electron chi connectivity index (χ3n) is 2.32. The summed E-state index contributed by atoms with van der Waals surface area (Å²) < 4.78 is 49.0. The molecule has 0 fully saturated rings. The first-order valence-electron chi connectivity index (χ1n) is 5.75.